The number of nitrogens with one attached hydrogen (secondary N) is 2. The van der Waals surface area contributed by atoms with E-state index in [0.29, 0.717) is 22.7 Å². The molecule has 0 aliphatic carbocycles. The number of carbonyl (C=O) groups is 3. The Balaban J connectivity index is 1.76. The number of benzene rings is 3. The van der Waals surface area contributed by atoms with E-state index in [1.165, 1.54) is 12.1 Å². The minimum atomic E-state index is -1.12. The fourth-order valence-corrected chi connectivity index (χ4v) is 3.21. The molecule has 158 valence electrons. The number of anilines is 1. The number of hydrogen-bond donors (Lipinski definition) is 3. The number of primary amides is 1. The van der Waals surface area contributed by atoms with Crippen LogP contribution in [0.5, 0.6) is 0 Å². The van der Waals surface area contributed by atoms with E-state index < -0.39 is 23.8 Å². The van der Waals surface area contributed by atoms with Gasteiger partial charge in [0.05, 0.1) is 6.42 Å². The highest BCUT2D eigenvalue weighted by molar-refractivity contribution is 6.30. The molecule has 6 nitrogen and oxygen atoms in total. The molecule has 1 atom stereocenters. The van der Waals surface area contributed by atoms with Crippen molar-refractivity contribution in [3.05, 3.63) is 101 Å². The quantitative estimate of drug-likeness (QED) is 0.504. The lowest BCUT2D eigenvalue weighted by atomic mass is 10.0. The Hall–Kier alpha value is -3.64. The van der Waals surface area contributed by atoms with Crippen molar-refractivity contribution < 1.29 is 14.4 Å². The highest BCUT2D eigenvalue weighted by Crippen LogP contribution is 2.20. The van der Waals surface area contributed by atoms with E-state index in [4.69, 9.17) is 17.3 Å². The predicted octanol–water partition coefficient (Wildman–Crippen LogP) is 3.54. The summed E-state index contributed by atoms with van der Waals surface area (Å²) in [7, 11) is 0. The Kier molecular flexibility index (Phi) is 7.40. The highest BCUT2D eigenvalue weighted by Gasteiger charge is 2.24. The first-order valence-electron chi connectivity index (χ1n) is 9.70. The van der Waals surface area contributed by atoms with Crippen molar-refractivity contribution >= 4 is 35.0 Å². The Labute approximate surface area is 185 Å². The standard InChI is InChI=1S/C24H22ClN3O3/c25-19-12-10-17(11-13-19)23(30)28-21(15-22(26)29)24(31)27-20-9-5-4-8-18(20)14-16-6-2-1-3-7-16/h1-13,21H,14-15H2,(H2,26,29)(H,27,31)(H,28,30)/t21-/m0/s1. The SMILES string of the molecule is NC(=O)C[C@H](NC(=O)c1ccc(Cl)cc1)C(=O)Nc1ccccc1Cc1ccccc1. The molecule has 0 aliphatic rings. The molecule has 0 saturated carbocycles. The van der Waals surface area contributed by atoms with Crippen LogP contribution in [-0.4, -0.2) is 23.8 Å². The van der Waals surface area contributed by atoms with Crippen LogP contribution in [-0.2, 0) is 16.0 Å². The molecule has 0 aliphatic heterocycles. The number of halogens is 1. The van der Waals surface area contributed by atoms with E-state index in [1.807, 2.05) is 42.5 Å². The van der Waals surface area contributed by atoms with E-state index in [2.05, 4.69) is 10.6 Å². The van der Waals surface area contributed by atoms with Gasteiger partial charge in [0.2, 0.25) is 11.8 Å². The molecule has 3 aromatic carbocycles. The van der Waals surface area contributed by atoms with Gasteiger partial charge < -0.3 is 16.4 Å². The average Bonchev–Trinajstić information content (AvgIpc) is 2.75. The molecule has 3 rings (SSSR count). The van der Waals surface area contributed by atoms with E-state index >= 15 is 0 Å². The number of carbonyl (C=O) groups excluding carboxylic acids is 3. The van der Waals surface area contributed by atoms with Crippen molar-refractivity contribution in [2.24, 2.45) is 5.73 Å². The molecular weight excluding hydrogens is 414 g/mol. The fourth-order valence-electron chi connectivity index (χ4n) is 3.09. The summed E-state index contributed by atoms with van der Waals surface area (Å²) in [4.78, 5) is 37.0. The Morgan fingerprint density at radius 2 is 1.52 bits per heavy atom. The first-order chi connectivity index (χ1) is 14.9. The van der Waals surface area contributed by atoms with Crippen molar-refractivity contribution in [1.82, 2.24) is 5.32 Å². The fraction of sp³-hybridized carbons (Fsp3) is 0.125. The lowest BCUT2D eigenvalue weighted by Gasteiger charge is -2.19. The molecule has 3 amide bonds. The predicted molar refractivity (Wildman–Crippen MR) is 121 cm³/mol. The van der Waals surface area contributed by atoms with Crippen molar-refractivity contribution in [1.29, 1.82) is 0 Å². The van der Waals surface area contributed by atoms with Crippen LogP contribution in [0.2, 0.25) is 5.02 Å². The van der Waals surface area contributed by atoms with Crippen LogP contribution in [0.4, 0.5) is 5.69 Å². The molecule has 0 fully saturated rings. The molecule has 0 heterocycles. The van der Waals surface area contributed by atoms with Gasteiger partial charge in [-0.3, -0.25) is 14.4 Å². The maximum Gasteiger partial charge on any atom is 0.251 e. The lowest BCUT2D eigenvalue weighted by molar-refractivity contribution is -0.123. The van der Waals surface area contributed by atoms with Crippen LogP contribution in [0.25, 0.3) is 0 Å². The van der Waals surface area contributed by atoms with E-state index in [1.54, 1.807) is 24.3 Å². The first kappa shape index (κ1) is 22.1. The maximum atomic E-state index is 12.9. The zero-order valence-corrected chi connectivity index (χ0v) is 17.4. The summed E-state index contributed by atoms with van der Waals surface area (Å²) in [5, 5.41) is 5.88. The van der Waals surface area contributed by atoms with Crippen LogP contribution in [0.3, 0.4) is 0 Å². The van der Waals surface area contributed by atoms with Gasteiger partial charge in [-0.05, 0) is 47.9 Å². The molecule has 0 saturated heterocycles. The van der Waals surface area contributed by atoms with Gasteiger partial charge in [0.1, 0.15) is 6.04 Å². The third kappa shape index (κ3) is 6.42. The van der Waals surface area contributed by atoms with Gasteiger partial charge in [0.25, 0.3) is 5.91 Å². The third-order valence-corrected chi connectivity index (χ3v) is 4.90. The van der Waals surface area contributed by atoms with Crippen LogP contribution < -0.4 is 16.4 Å². The van der Waals surface area contributed by atoms with Crippen molar-refractivity contribution in [3.63, 3.8) is 0 Å². The topological polar surface area (TPSA) is 101 Å². The van der Waals surface area contributed by atoms with Gasteiger partial charge >= 0.3 is 0 Å². The molecule has 0 aromatic heterocycles. The van der Waals surface area contributed by atoms with Crippen molar-refractivity contribution in [2.75, 3.05) is 5.32 Å². The highest BCUT2D eigenvalue weighted by atomic mass is 35.5. The van der Waals surface area contributed by atoms with Crippen LogP contribution in [0, 0.1) is 0 Å². The summed E-state index contributed by atoms with van der Waals surface area (Å²) in [6.45, 7) is 0. The maximum absolute atomic E-state index is 12.9. The molecule has 3 aromatic rings. The molecule has 0 unspecified atom stereocenters. The lowest BCUT2D eigenvalue weighted by Crippen LogP contribution is -2.46. The third-order valence-electron chi connectivity index (χ3n) is 4.65. The van der Waals surface area contributed by atoms with Gasteiger partial charge in [-0.25, -0.2) is 0 Å². The number of para-hydroxylation sites is 1. The summed E-state index contributed by atoms with van der Waals surface area (Å²) in [5.41, 5.74) is 8.22. The van der Waals surface area contributed by atoms with Crippen LogP contribution in [0.1, 0.15) is 27.9 Å². The monoisotopic (exact) mass is 435 g/mol. The van der Waals surface area contributed by atoms with Gasteiger partial charge in [-0.2, -0.15) is 0 Å². The zero-order valence-electron chi connectivity index (χ0n) is 16.7. The summed E-state index contributed by atoms with van der Waals surface area (Å²) < 4.78 is 0. The molecule has 7 heteroatoms. The van der Waals surface area contributed by atoms with E-state index in [9.17, 15) is 14.4 Å². The van der Waals surface area contributed by atoms with Gasteiger partial charge in [-0.15, -0.1) is 0 Å². The summed E-state index contributed by atoms with van der Waals surface area (Å²) in [5.74, 6) is -1.73. The average molecular weight is 436 g/mol. The van der Waals surface area contributed by atoms with Crippen LogP contribution in [0.15, 0.2) is 78.9 Å². The van der Waals surface area contributed by atoms with Gasteiger partial charge in [-0.1, -0.05) is 60.1 Å². The summed E-state index contributed by atoms with van der Waals surface area (Å²) in [6.07, 6.45) is 0.293. The molecule has 0 spiro atoms. The van der Waals surface area contributed by atoms with Crippen molar-refractivity contribution in [2.45, 2.75) is 18.9 Å². The van der Waals surface area contributed by atoms with Gasteiger partial charge in [0.15, 0.2) is 0 Å². The molecule has 31 heavy (non-hydrogen) atoms. The second kappa shape index (κ2) is 10.4. The molecule has 4 N–H and O–H groups in total. The minimum absolute atomic E-state index is 0.316. The molecule has 0 bridgehead atoms. The Bertz CT molecular complexity index is 1070. The molecular formula is C24H22ClN3O3. The summed E-state index contributed by atoms with van der Waals surface area (Å²) >= 11 is 5.85. The van der Waals surface area contributed by atoms with Crippen LogP contribution >= 0.6 is 11.6 Å². The number of amides is 3. The molecule has 0 radical (unpaired) electrons. The smallest absolute Gasteiger partial charge is 0.251 e. The minimum Gasteiger partial charge on any atom is -0.370 e. The Morgan fingerprint density at radius 3 is 2.19 bits per heavy atom. The number of hydrogen-bond acceptors (Lipinski definition) is 3. The summed E-state index contributed by atoms with van der Waals surface area (Å²) in [6, 6.07) is 22.3. The second-order valence-corrected chi connectivity index (χ2v) is 7.45. The number of rotatable bonds is 8. The first-order valence-corrected chi connectivity index (χ1v) is 10.1. The normalized spacial score (nSPS) is 11.4. The zero-order chi connectivity index (χ0) is 22.2. The second-order valence-electron chi connectivity index (χ2n) is 7.01. The van der Waals surface area contributed by atoms with Crippen molar-refractivity contribution in [3.8, 4) is 0 Å². The van der Waals surface area contributed by atoms with E-state index in [-0.39, 0.29) is 6.42 Å². The number of nitrogens with two attached hydrogens (primary N) is 1. The largest absolute Gasteiger partial charge is 0.370 e. The van der Waals surface area contributed by atoms with Gasteiger partial charge in [0, 0.05) is 16.3 Å². The van der Waals surface area contributed by atoms with E-state index in [0.717, 1.165) is 11.1 Å². The Morgan fingerprint density at radius 1 is 0.871 bits per heavy atom.